The average Bonchev–Trinajstić information content (AvgIpc) is 2.54. The molecule has 0 spiro atoms. The second kappa shape index (κ2) is 7.45. The average molecular weight is 284 g/mol. The lowest BCUT2D eigenvalue weighted by atomic mass is 10.1. The second-order valence-corrected chi connectivity index (χ2v) is 4.70. The fourth-order valence-electron chi connectivity index (χ4n) is 2.18. The van der Waals surface area contributed by atoms with Crippen LogP contribution in [0.15, 0.2) is 54.6 Å². The van der Waals surface area contributed by atoms with Gasteiger partial charge in [-0.15, -0.1) is 0 Å². The topological polar surface area (TPSA) is 61.4 Å². The predicted molar refractivity (Wildman–Crippen MR) is 84.3 cm³/mol. The number of benzene rings is 2. The molecule has 0 unspecified atom stereocenters. The van der Waals surface area contributed by atoms with Crippen LogP contribution in [0.25, 0.3) is 0 Å². The van der Waals surface area contributed by atoms with E-state index in [-0.39, 0.29) is 12.5 Å². The van der Waals surface area contributed by atoms with E-state index in [1.165, 1.54) is 0 Å². The maximum atomic E-state index is 12.4. The first-order valence-corrected chi connectivity index (χ1v) is 7.05. The van der Waals surface area contributed by atoms with E-state index in [1.807, 2.05) is 55.5 Å². The fourth-order valence-corrected chi connectivity index (χ4v) is 2.18. The summed E-state index contributed by atoms with van der Waals surface area (Å²) in [6.45, 7) is 2.58. The SMILES string of the molecule is CCNc1ccccc1C(=O)N[C@@H](CO)c1ccccc1. The van der Waals surface area contributed by atoms with E-state index in [1.54, 1.807) is 6.07 Å². The van der Waals surface area contributed by atoms with E-state index >= 15 is 0 Å². The molecule has 3 N–H and O–H groups in total. The Morgan fingerprint density at radius 3 is 2.43 bits per heavy atom. The number of nitrogens with one attached hydrogen (secondary N) is 2. The molecule has 21 heavy (non-hydrogen) atoms. The van der Waals surface area contributed by atoms with Crippen LogP contribution >= 0.6 is 0 Å². The van der Waals surface area contributed by atoms with Crippen molar-refractivity contribution in [1.29, 1.82) is 0 Å². The van der Waals surface area contributed by atoms with E-state index in [2.05, 4.69) is 10.6 Å². The summed E-state index contributed by atoms with van der Waals surface area (Å²) in [5.41, 5.74) is 2.25. The van der Waals surface area contributed by atoms with Crippen molar-refractivity contribution in [2.75, 3.05) is 18.5 Å². The third-order valence-corrected chi connectivity index (χ3v) is 3.23. The first kappa shape index (κ1) is 15.1. The van der Waals surface area contributed by atoms with Gasteiger partial charge in [0.05, 0.1) is 18.2 Å². The lowest BCUT2D eigenvalue weighted by Gasteiger charge is -2.18. The summed E-state index contributed by atoms with van der Waals surface area (Å²) in [4.78, 5) is 12.4. The van der Waals surface area contributed by atoms with E-state index in [0.717, 1.165) is 17.8 Å². The van der Waals surface area contributed by atoms with Gasteiger partial charge >= 0.3 is 0 Å². The smallest absolute Gasteiger partial charge is 0.253 e. The van der Waals surface area contributed by atoms with Crippen molar-refractivity contribution >= 4 is 11.6 Å². The van der Waals surface area contributed by atoms with Gasteiger partial charge in [-0.3, -0.25) is 4.79 Å². The van der Waals surface area contributed by atoms with Gasteiger partial charge in [0.25, 0.3) is 5.91 Å². The highest BCUT2D eigenvalue weighted by molar-refractivity contribution is 5.99. The van der Waals surface area contributed by atoms with Crippen LogP contribution in [0.5, 0.6) is 0 Å². The molecule has 0 saturated heterocycles. The molecule has 110 valence electrons. The molecular formula is C17H20N2O2. The van der Waals surface area contributed by atoms with Crippen LogP contribution in [0.1, 0.15) is 28.9 Å². The molecule has 0 fully saturated rings. The number of carbonyl (C=O) groups excluding carboxylic acids is 1. The van der Waals surface area contributed by atoms with Crippen LogP contribution in [0.3, 0.4) is 0 Å². The Hall–Kier alpha value is -2.33. The van der Waals surface area contributed by atoms with Crippen molar-refractivity contribution in [3.05, 3.63) is 65.7 Å². The summed E-state index contributed by atoms with van der Waals surface area (Å²) in [6.07, 6.45) is 0. The molecule has 4 nitrogen and oxygen atoms in total. The molecule has 0 saturated carbocycles. The van der Waals surface area contributed by atoms with Gasteiger partial charge < -0.3 is 15.7 Å². The lowest BCUT2D eigenvalue weighted by molar-refractivity contribution is 0.0917. The quantitative estimate of drug-likeness (QED) is 0.764. The summed E-state index contributed by atoms with van der Waals surface area (Å²) in [5, 5.41) is 15.6. The molecule has 0 aromatic heterocycles. The minimum atomic E-state index is -0.409. The lowest BCUT2D eigenvalue weighted by Crippen LogP contribution is -2.31. The van der Waals surface area contributed by atoms with Gasteiger partial charge in [0.15, 0.2) is 0 Å². The largest absolute Gasteiger partial charge is 0.394 e. The molecule has 1 atom stereocenters. The zero-order valence-electron chi connectivity index (χ0n) is 12.0. The van der Waals surface area contributed by atoms with Gasteiger partial charge in [0, 0.05) is 12.2 Å². The Morgan fingerprint density at radius 1 is 1.10 bits per heavy atom. The third kappa shape index (κ3) is 3.83. The summed E-state index contributed by atoms with van der Waals surface area (Å²) in [6, 6.07) is 16.4. The highest BCUT2D eigenvalue weighted by Gasteiger charge is 2.16. The molecule has 2 rings (SSSR count). The molecule has 0 bridgehead atoms. The Balaban J connectivity index is 2.17. The predicted octanol–water partition coefficient (Wildman–Crippen LogP) is 2.58. The van der Waals surface area contributed by atoms with E-state index in [9.17, 15) is 9.90 Å². The first-order chi connectivity index (χ1) is 10.3. The Bertz CT molecular complexity index is 584. The minimum absolute atomic E-state index is 0.140. The monoisotopic (exact) mass is 284 g/mol. The van der Waals surface area contributed by atoms with Gasteiger partial charge in [-0.25, -0.2) is 0 Å². The van der Waals surface area contributed by atoms with E-state index in [0.29, 0.717) is 5.56 Å². The molecule has 4 heteroatoms. The van der Waals surface area contributed by atoms with Gasteiger partial charge in [0.2, 0.25) is 0 Å². The van der Waals surface area contributed by atoms with E-state index < -0.39 is 6.04 Å². The van der Waals surface area contributed by atoms with Crippen molar-refractivity contribution in [3.63, 3.8) is 0 Å². The molecule has 0 heterocycles. The van der Waals surface area contributed by atoms with Crippen LogP contribution < -0.4 is 10.6 Å². The van der Waals surface area contributed by atoms with Gasteiger partial charge in [0.1, 0.15) is 0 Å². The molecular weight excluding hydrogens is 264 g/mol. The number of carbonyl (C=O) groups is 1. The maximum Gasteiger partial charge on any atom is 0.253 e. The third-order valence-electron chi connectivity index (χ3n) is 3.23. The normalized spacial score (nSPS) is 11.7. The fraction of sp³-hybridized carbons (Fsp3) is 0.235. The van der Waals surface area contributed by atoms with Gasteiger partial charge in [-0.1, -0.05) is 42.5 Å². The Labute approximate surface area is 124 Å². The zero-order valence-corrected chi connectivity index (χ0v) is 12.0. The number of amides is 1. The van der Waals surface area contributed by atoms with Crippen molar-refractivity contribution in [2.24, 2.45) is 0 Å². The first-order valence-electron chi connectivity index (χ1n) is 7.05. The molecule has 2 aromatic rings. The maximum absolute atomic E-state index is 12.4. The number of rotatable bonds is 6. The van der Waals surface area contributed by atoms with Gasteiger partial charge in [-0.2, -0.15) is 0 Å². The number of hydrogen-bond donors (Lipinski definition) is 3. The van der Waals surface area contributed by atoms with Crippen LogP contribution in [-0.4, -0.2) is 24.2 Å². The highest BCUT2D eigenvalue weighted by Crippen LogP contribution is 2.17. The van der Waals surface area contributed by atoms with E-state index in [4.69, 9.17) is 0 Å². The van der Waals surface area contributed by atoms with Crippen molar-refractivity contribution in [1.82, 2.24) is 5.32 Å². The molecule has 2 aromatic carbocycles. The summed E-state index contributed by atoms with van der Waals surface area (Å²) < 4.78 is 0. The van der Waals surface area contributed by atoms with Crippen molar-refractivity contribution in [2.45, 2.75) is 13.0 Å². The van der Waals surface area contributed by atoms with Crippen LogP contribution in [0.2, 0.25) is 0 Å². The number of aliphatic hydroxyl groups is 1. The molecule has 1 amide bonds. The molecule has 0 radical (unpaired) electrons. The summed E-state index contributed by atoms with van der Waals surface area (Å²) in [5.74, 6) is -0.200. The number of hydrogen-bond acceptors (Lipinski definition) is 3. The molecule has 0 aliphatic rings. The Morgan fingerprint density at radius 2 is 1.76 bits per heavy atom. The number of aliphatic hydroxyl groups excluding tert-OH is 1. The number of para-hydroxylation sites is 1. The molecule has 0 aliphatic heterocycles. The number of anilines is 1. The Kier molecular flexibility index (Phi) is 5.35. The van der Waals surface area contributed by atoms with Crippen molar-refractivity contribution in [3.8, 4) is 0 Å². The highest BCUT2D eigenvalue weighted by atomic mass is 16.3. The van der Waals surface area contributed by atoms with Crippen LogP contribution in [0.4, 0.5) is 5.69 Å². The molecule has 0 aliphatic carbocycles. The van der Waals surface area contributed by atoms with Crippen LogP contribution in [0, 0.1) is 0 Å². The van der Waals surface area contributed by atoms with Crippen LogP contribution in [-0.2, 0) is 0 Å². The van der Waals surface area contributed by atoms with Gasteiger partial charge in [-0.05, 0) is 24.6 Å². The second-order valence-electron chi connectivity index (χ2n) is 4.70. The summed E-state index contributed by atoms with van der Waals surface area (Å²) in [7, 11) is 0. The van der Waals surface area contributed by atoms with Crippen molar-refractivity contribution < 1.29 is 9.90 Å². The minimum Gasteiger partial charge on any atom is -0.394 e. The zero-order chi connectivity index (χ0) is 15.1. The summed E-state index contributed by atoms with van der Waals surface area (Å²) >= 11 is 0. The standard InChI is InChI=1S/C17H20N2O2/c1-2-18-15-11-7-6-10-14(15)17(21)19-16(12-20)13-8-4-3-5-9-13/h3-11,16,18,20H,2,12H2,1H3,(H,19,21)/t16-/m0/s1.